The monoisotopic (exact) mass is 277 g/mol. The van der Waals surface area contributed by atoms with Crippen molar-refractivity contribution in [2.45, 2.75) is 51.6 Å². The highest BCUT2D eigenvalue weighted by Gasteiger charge is 2.30. The van der Waals surface area contributed by atoms with Crippen molar-refractivity contribution in [3.05, 3.63) is 39.9 Å². The van der Waals surface area contributed by atoms with Crippen LogP contribution in [0, 0.1) is 22.0 Å². The van der Waals surface area contributed by atoms with Crippen LogP contribution in [-0.2, 0) is 6.42 Å². The van der Waals surface area contributed by atoms with Gasteiger partial charge in [0.1, 0.15) is 0 Å². The van der Waals surface area contributed by atoms with Gasteiger partial charge in [0.05, 0.1) is 11.0 Å². The summed E-state index contributed by atoms with van der Waals surface area (Å²) in [5, 5.41) is 21.2. The first-order chi connectivity index (χ1) is 9.61. The Kier molecular flexibility index (Phi) is 5.12. The molecule has 0 bridgehead atoms. The fourth-order valence-electron chi connectivity index (χ4n) is 3.38. The van der Waals surface area contributed by atoms with Crippen LogP contribution in [0.1, 0.15) is 44.6 Å². The Hall–Kier alpha value is -1.42. The standard InChI is InChI=1S/C16H23NO3/c1-2-5-12-8-9-16(18)14(10-12)11-13-6-3-4-7-15(13)17(19)20/h3-4,6-7,12,14,16,18H,2,5,8-11H2,1H3. The molecule has 3 atom stereocenters. The van der Waals surface area contributed by atoms with Crippen LogP contribution in [0.25, 0.3) is 0 Å². The number of aliphatic hydroxyl groups is 1. The average molecular weight is 277 g/mol. The third-order valence-electron chi connectivity index (χ3n) is 4.42. The van der Waals surface area contributed by atoms with Crippen molar-refractivity contribution in [2.75, 3.05) is 0 Å². The molecule has 1 fully saturated rings. The lowest BCUT2D eigenvalue weighted by atomic mass is 9.75. The number of hydrogen-bond acceptors (Lipinski definition) is 3. The van der Waals surface area contributed by atoms with Gasteiger partial charge in [0.2, 0.25) is 0 Å². The van der Waals surface area contributed by atoms with Gasteiger partial charge in [0, 0.05) is 11.6 Å². The molecule has 1 aromatic rings. The van der Waals surface area contributed by atoms with E-state index in [1.54, 1.807) is 12.1 Å². The zero-order valence-corrected chi connectivity index (χ0v) is 12.0. The predicted octanol–water partition coefficient (Wildman–Crippen LogP) is 3.71. The fraction of sp³-hybridized carbons (Fsp3) is 0.625. The molecular formula is C16H23NO3. The summed E-state index contributed by atoms with van der Waals surface area (Å²) in [6.07, 6.45) is 5.56. The molecule has 1 N–H and O–H groups in total. The van der Waals surface area contributed by atoms with Crippen molar-refractivity contribution in [1.82, 2.24) is 0 Å². The molecule has 2 rings (SSSR count). The van der Waals surface area contributed by atoms with Crippen LogP contribution in [0.15, 0.2) is 24.3 Å². The number of benzene rings is 1. The molecule has 110 valence electrons. The van der Waals surface area contributed by atoms with E-state index in [4.69, 9.17) is 0 Å². The van der Waals surface area contributed by atoms with Crippen molar-refractivity contribution in [3.8, 4) is 0 Å². The van der Waals surface area contributed by atoms with E-state index in [0.717, 1.165) is 24.8 Å². The van der Waals surface area contributed by atoms with Gasteiger partial charge in [-0.25, -0.2) is 0 Å². The maximum atomic E-state index is 11.1. The Balaban J connectivity index is 2.09. The summed E-state index contributed by atoms with van der Waals surface area (Å²) in [6, 6.07) is 6.89. The molecule has 0 amide bonds. The molecule has 1 saturated carbocycles. The number of aliphatic hydroxyl groups excluding tert-OH is 1. The van der Waals surface area contributed by atoms with Crippen LogP contribution < -0.4 is 0 Å². The van der Waals surface area contributed by atoms with Crippen LogP contribution in [-0.4, -0.2) is 16.1 Å². The third kappa shape index (κ3) is 3.57. The van der Waals surface area contributed by atoms with E-state index in [2.05, 4.69) is 6.92 Å². The largest absolute Gasteiger partial charge is 0.393 e. The van der Waals surface area contributed by atoms with Gasteiger partial charge in [0.15, 0.2) is 0 Å². The first-order valence-corrected chi connectivity index (χ1v) is 7.52. The van der Waals surface area contributed by atoms with Crippen molar-refractivity contribution in [1.29, 1.82) is 0 Å². The predicted molar refractivity (Wildman–Crippen MR) is 78.5 cm³/mol. The van der Waals surface area contributed by atoms with Crippen LogP contribution in [0.2, 0.25) is 0 Å². The number of nitro groups is 1. The van der Waals surface area contributed by atoms with E-state index in [0.29, 0.717) is 12.3 Å². The lowest BCUT2D eigenvalue weighted by molar-refractivity contribution is -0.385. The zero-order valence-electron chi connectivity index (χ0n) is 12.0. The summed E-state index contributed by atoms with van der Waals surface area (Å²) < 4.78 is 0. The van der Waals surface area contributed by atoms with E-state index in [1.165, 1.54) is 12.8 Å². The lowest BCUT2D eigenvalue weighted by Crippen LogP contribution is -2.30. The van der Waals surface area contributed by atoms with E-state index in [1.807, 2.05) is 12.1 Å². The Bertz CT molecular complexity index is 461. The molecule has 0 radical (unpaired) electrons. The van der Waals surface area contributed by atoms with Crippen LogP contribution in [0.5, 0.6) is 0 Å². The molecule has 1 aliphatic rings. The molecule has 0 spiro atoms. The van der Waals surface area contributed by atoms with Crippen LogP contribution in [0.3, 0.4) is 0 Å². The summed E-state index contributed by atoms with van der Waals surface area (Å²) >= 11 is 0. The molecule has 4 heteroatoms. The highest BCUT2D eigenvalue weighted by Crippen LogP contribution is 2.35. The minimum atomic E-state index is -0.325. The van der Waals surface area contributed by atoms with Gasteiger partial charge < -0.3 is 5.11 Å². The van der Waals surface area contributed by atoms with Gasteiger partial charge in [-0.3, -0.25) is 10.1 Å². The first kappa shape index (κ1) is 15.0. The molecule has 1 aliphatic carbocycles. The van der Waals surface area contributed by atoms with Crippen LogP contribution >= 0.6 is 0 Å². The Morgan fingerprint density at radius 3 is 2.80 bits per heavy atom. The molecular weight excluding hydrogens is 254 g/mol. The number of hydrogen-bond donors (Lipinski definition) is 1. The topological polar surface area (TPSA) is 63.4 Å². The maximum absolute atomic E-state index is 11.1. The highest BCUT2D eigenvalue weighted by molar-refractivity contribution is 5.40. The van der Waals surface area contributed by atoms with E-state index >= 15 is 0 Å². The first-order valence-electron chi connectivity index (χ1n) is 7.52. The van der Waals surface area contributed by atoms with Crippen LogP contribution in [0.4, 0.5) is 5.69 Å². The second-order valence-electron chi connectivity index (χ2n) is 5.89. The van der Waals surface area contributed by atoms with Crippen molar-refractivity contribution >= 4 is 5.69 Å². The molecule has 0 saturated heterocycles. The van der Waals surface area contributed by atoms with Crippen molar-refractivity contribution in [2.24, 2.45) is 11.8 Å². The van der Waals surface area contributed by atoms with Gasteiger partial charge in [-0.05, 0) is 37.5 Å². The van der Waals surface area contributed by atoms with Gasteiger partial charge in [0.25, 0.3) is 5.69 Å². The van der Waals surface area contributed by atoms with Crippen molar-refractivity contribution < 1.29 is 10.0 Å². The smallest absolute Gasteiger partial charge is 0.272 e. The SMILES string of the molecule is CCCC1CCC(O)C(Cc2ccccc2[N+](=O)[O-])C1. The second kappa shape index (κ2) is 6.84. The number of nitro benzene ring substituents is 1. The average Bonchev–Trinajstić information content (AvgIpc) is 2.43. The van der Waals surface area contributed by atoms with Crippen molar-refractivity contribution in [3.63, 3.8) is 0 Å². The molecule has 0 aliphatic heterocycles. The number of para-hydroxylation sites is 1. The Morgan fingerprint density at radius 1 is 1.35 bits per heavy atom. The Labute approximate surface area is 120 Å². The summed E-state index contributed by atoms with van der Waals surface area (Å²) in [4.78, 5) is 10.7. The zero-order chi connectivity index (χ0) is 14.5. The van der Waals surface area contributed by atoms with Gasteiger partial charge >= 0.3 is 0 Å². The third-order valence-corrected chi connectivity index (χ3v) is 4.42. The summed E-state index contributed by atoms with van der Waals surface area (Å²) in [6.45, 7) is 2.18. The molecule has 0 aromatic heterocycles. The second-order valence-corrected chi connectivity index (χ2v) is 5.89. The summed E-state index contributed by atoms with van der Waals surface area (Å²) in [5.74, 6) is 0.817. The maximum Gasteiger partial charge on any atom is 0.272 e. The van der Waals surface area contributed by atoms with Gasteiger partial charge in [-0.2, -0.15) is 0 Å². The normalized spacial score (nSPS) is 26.4. The molecule has 20 heavy (non-hydrogen) atoms. The van der Waals surface area contributed by atoms with E-state index in [-0.39, 0.29) is 22.6 Å². The minimum Gasteiger partial charge on any atom is -0.393 e. The summed E-state index contributed by atoms with van der Waals surface area (Å²) in [5.41, 5.74) is 0.927. The quantitative estimate of drug-likeness (QED) is 0.659. The highest BCUT2D eigenvalue weighted by atomic mass is 16.6. The lowest BCUT2D eigenvalue weighted by Gasteiger charge is -2.33. The number of nitrogens with zero attached hydrogens (tertiary/aromatic N) is 1. The Morgan fingerprint density at radius 2 is 2.10 bits per heavy atom. The van der Waals surface area contributed by atoms with Gasteiger partial charge in [-0.1, -0.05) is 38.0 Å². The van der Waals surface area contributed by atoms with E-state index in [9.17, 15) is 15.2 Å². The fourth-order valence-corrected chi connectivity index (χ4v) is 3.38. The minimum absolute atomic E-state index is 0.154. The van der Waals surface area contributed by atoms with E-state index < -0.39 is 0 Å². The van der Waals surface area contributed by atoms with Gasteiger partial charge in [-0.15, -0.1) is 0 Å². The molecule has 1 aromatic carbocycles. The molecule has 0 heterocycles. The number of rotatable bonds is 5. The molecule has 4 nitrogen and oxygen atoms in total. The molecule has 3 unspecified atom stereocenters. The summed E-state index contributed by atoms with van der Waals surface area (Å²) in [7, 11) is 0.